The van der Waals surface area contributed by atoms with Crippen molar-refractivity contribution in [3.8, 4) is 0 Å². The van der Waals surface area contributed by atoms with Crippen LogP contribution in [0.1, 0.15) is 181 Å². The van der Waals surface area contributed by atoms with E-state index in [1.165, 1.54) is 0 Å². The van der Waals surface area contributed by atoms with Crippen LogP contribution >= 0.6 is 0 Å². The third-order valence-electron chi connectivity index (χ3n) is 13.6. The molecule has 11 nitrogen and oxygen atoms in total. The normalized spacial score (nSPS) is 26.0. The lowest BCUT2D eigenvalue weighted by molar-refractivity contribution is -0.266. The number of aromatic nitrogens is 3. The van der Waals surface area contributed by atoms with Crippen molar-refractivity contribution in [3.05, 3.63) is 0 Å². The number of rotatable bonds is 18. The molecule has 1 aromatic rings. The molecule has 4 rings (SSSR count). The van der Waals surface area contributed by atoms with Crippen LogP contribution < -0.4 is 14.7 Å². The Bertz CT molecular complexity index is 1200. The molecule has 0 radical (unpaired) electrons. The number of unbranched alkanes of at least 4 members (excludes halogenated alkanes) is 3. The number of ether oxygens (including phenoxy) is 1. The molecule has 2 aliphatic heterocycles. The number of hydrogen-bond donors (Lipinski definition) is 0. The molecule has 0 amide bonds. The van der Waals surface area contributed by atoms with Crippen molar-refractivity contribution in [2.75, 3.05) is 55.7 Å². The summed E-state index contributed by atoms with van der Waals surface area (Å²) in [5.41, 5.74) is -0.710. The minimum atomic E-state index is -0.172. The minimum absolute atomic E-state index is 0.0103. The summed E-state index contributed by atoms with van der Waals surface area (Å²) in [4.78, 5) is 36.8. The van der Waals surface area contributed by atoms with Gasteiger partial charge in [0.05, 0.1) is 20.3 Å². The Hall–Kier alpha value is -1.79. The van der Waals surface area contributed by atoms with Gasteiger partial charge in [0.15, 0.2) is 0 Å². The standard InChI is InChI=1S/C46H88N8O3/c1-19-22-25-50(34-28-41(4,5)37(55-16)42(6,7)29-34)38-47-39(51(26-23-20-2)35-30-43(8,9)53(56-17)44(10,11)31-35)49-40(48-38)52(27-24-21-3)36-32-45(12,13)54(57-18)46(14,15)33-36/h34-37H,19-33H2,1-18H3. The first-order chi connectivity index (χ1) is 26.4. The van der Waals surface area contributed by atoms with Gasteiger partial charge in [-0.05, 0) is 124 Å². The van der Waals surface area contributed by atoms with Crippen LogP contribution in [-0.4, -0.2) is 112 Å². The van der Waals surface area contributed by atoms with Crippen LogP contribution in [0.4, 0.5) is 17.8 Å². The van der Waals surface area contributed by atoms with Crippen LogP contribution in [0.2, 0.25) is 0 Å². The van der Waals surface area contributed by atoms with E-state index in [1.54, 1.807) is 0 Å². The zero-order valence-electron chi connectivity index (χ0n) is 40.2. The SMILES string of the molecule is CCCCN(c1nc(N(CCCC)C2CC(C)(C)N(OC)C(C)(C)C2)nc(N(CCCC)C2CC(C)(C)N(OC)C(C)(C)C2)n1)C1CC(C)(C)C(OC)C(C)(C)C1. The van der Waals surface area contributed by atoms with E-state index in [0.29, 0.717) is 0 Å². The van der Waals surface area contributed by atoms with Gasteiger partial charge in [0, 0.05) is 67.0 Å². The van der Waals surface area contributed by atoms with Crippen LogP contribution in [0, 0.1) is 10.8 Å². The van der Waals surface area contributed by atoms with Gasteiger partial charge < -0.3 is 29.1 Å². The minimum Gasteiger partial charge on any atom is -0.380 e. The van der Waals surface area contributed by atoms with Gasteiger partial charge in [-0.1, -0.05) is 67.7 Å². The molecule has 1 aliphatic carbocycles. The average Bonchev–Trinajstić information content (AvgIpc) is 3.06. The van der Waals surface area contributed by atoms with Crippen LogP contribution in [-0.2, 0) is 14.4 Å². The van der Waals surface area contributed by atoms with E-state index in [9.17, 15) is 0 Å². The average molecular weight is 801 g/mol. The third-order valence-corrected chi connectivity index (χ3v) is 13.6. The summed E-state index contributed by atoms with van der Waals surface area (Å²) in [7, 11) is 5.53. The highest BCUT2D eigenvalue weighted by atomic mass is 16.7. The van der Waals surface area contributed by atoms with E-state index < -0.39 is 0 Å². The fourth-order valence-electron chi connectivity index (χ4n) is 12.3. The van der Waals surface area contributed by atoms with E-state index in [4.69, 9.17) is 29.4 Å². The lowest BCUT2D eigenvalue weighted by Gasteiger charge is -2.55. The lowest BCUT2D eigenvalue weighted by atomic mass is 9.61. The number of anilines is 3. The Morgan fingerprint density at radius 1 is 0.474 bits per heavy atom. The molecule has 3 fully saturated rings. The zero-order chi connectivity index (χ0) is 42.8. The second-order valence-electron chi connectivity index (χ2n) is 21.9. The van der Waals surface area contributed by atoms with Crippen molar-refractivity contribution < 1.29 is 14.4 Å². The predicted octanol–water partition coefficient (Wildman–Crippen LogP) is 10.1. The van der Waals surface area contributed by atoms with Crippen LogP contribution in [0.15, 0.2) is 0 Å². The van der Waals surface area contributed by atoms with E-state index >= 15 is 0 Å². The molecule has 0 spiro atoms. The number of methoxy groups -OCH3 is 1. The Balaban J connectivity index is 1.98. The maximum absolute atomic E-state index is 6.25. The van der Waals surface area contributed by atoms with E-state index in [1.807, 2.05) is 21.3 Å². The molecule has 0 bridgehead atoms. The first-order valence-electron chi connectivity index (χ1n) is 22.7. The molecule has 57 heavy (non-hydrogen) atoms. The Morgan fingerprint density at radius 2 is 0.737 bits per heavy atom. The second kappa shape index (κ2) is 18.4. The van der Waals surface area contributed by atoms with Gasteiger partial charge in [-0.2, -0.15) is 25.1 Å². The lowest BCUT2D eigenvalue weighted by Crippen LogP contribution is -2.64. The first kappa shape index (κ1) is 47.9. The van der Waals surface area contributed by atoms with Gasteiger partial charge in [-0.3, -0.25) is 0 Å². The van der Waals surface area contributed by atoms with Gasteiger partial charge in [-0.25, -0.2) is 0 Å². The highest BCUT2D eigenvalue weighted by Gasteiger charge is 2.52. The van der Waals surface area contributed by atoms with Crippen molar-refractivity contribution >= 4 is 17.8 Å². The summed E-state index contributed by atoms with van der Waals surface area (Å²) in [6, 6.07) is 0.749. The summed E-state index contributed by atoms with van der Waals surface area (Å²) in [6.07, 6.45) is 12.5. The summed E-state index contributed by atoms with van der Waals surface area (Å²) in [6.45, 7) is 37.7. The highest BCUT2D eigenvalue weighted by Crippen LogP contribution is 2.50. The van der Waals surface area contributed by atoms with Crippen molar-refractivity contribution in [1.82, 2.24) is 25.1 Å². The number of nitrogens with zero attached hydrogens (tertiary/aromatic N) is 8. The molecule has 330 valence electrons. The Kier molecular flexibility index (Phi) is 15.5. The maximum atomic E-state index is 6.25. The largest absolute Gasteiger partial charge is 0.380 e. The topological polar surface area (TPSA) is 82.6 Å². The van der Waals surface area contributed by atoms with Crippen LogP contribution in [0.25, 0.3) is 0 Å². The van der Waals surface area contributed by atoms with Crippen molar-refractivity contribution in [2.45, 2.75) is 227 Å². The molecule has 0 N–H and O–H groups in total. The van der Waals surface area contributed by atoms with Gasteiger partial charge in [0.25, 0.3) is 0 Å². The smallest absolute Gasteiger partial charge is 0.232 e. The molecule has 3 heterocycles. The van der Waals surface area contributed by atoms with Gasteiger partial charge in [-0.15, -0.1) is 0 Å². The molecule has 3 aliphatic rings. The number of hydroxylamine groups is 4. The predicted molar refractivity (Wildman–Crippen MR) is 238 cm³/mol. The van der Waals surface area contributed by atoms with Crippen LogP contribution in [0.5, 0.6) is 0 Å². The van der Waals surface area contributed by atoms with E-state index in [2.05, 4.69) is 129 Å². The first-order valence-corrected chi connectivity index (χ1v) is 22.7. The molecule has 2 saturated heterocycles. The number of hydrogen-bond acceptors (Lipinski definition) is 11. The summed E-state index contributed by atoms with van der Waals surface area (Å²) in [5, 5.41) is 4.43. The van der Waals surface area contributed by atoms with Crippen LogP contribution in [0.3, 0.4) is 0 Å². The zero-order valence-corrected chi connectivity index (χ0v) is 40.2. The molecule has 0 atom stereocenters. The van der Waals surface area contributed by atoms with E-state index in [0.717, 1.165) is 115 Å². The molecular formula is C46H88N8O3. The molecule has 1 aromatic heterocycles. The second-order valence-corrected chi connectivity index (χ2v) is 21.9. The Morgan fingerprint density at radius 3 is 0.965 bits per heavy atom. The van der Waals surface area contributed by atoms with E-state index in [-0.39, 0.29) is 57.2 Å². The Labute approximate surface area is 350 Å². The van der Waals surface area contributed by atoms with Gasteiger partial charge in [0.1, 0.15) is 0 Å². The quantitative estimate of drug-likeness (QED) is 0.142. The van der Waals surface area contributed by atoms with Crippen molar-refractivity contribution in [2.24, 2.45) is 10.8 Å². The maximum Gasteiger partial charge on any atom is 0.232 e. The molecule has 0 unspecified atom stereocenters. The summed E-state index contributed by atoms with van der Waals surface area (Å²) < 4.78 is 6.25. The van der Waals surface area contributed by atoms with Gasteiger partial charge >= 0.3 is 0 Å². The monoisotopic (exact) mass is 801 g/mol. The van der Waals surface area contributed by atoms with Crippen molar-refractivity contribution in [3.63, 3.8) is 0 Å². The molecule has 1 saturated carbocycles. The molecular weight excluding hydrogens is 713 g/mol. The molecule has 11 heteroatoms. The fraction of sp³-hybridized carbons (Fsp3) is 0.935. The highest BCUT2D eigenvalue weighted by molar-refractivity contribution is 5.49. The van der Waals surface area contributed by atoms with Crippen molar-refractivity contribution in [1.29, 1.82) is 0 Å². The number of piperidine rings is 2. The van der Waals surface area contributed by atoms with Gasteiger partial charge in [0.2, 0.25) is 17.8 Å². The fourth-order valence-corrected chi connectivity index (χ4v) is 12.3. The summed E-state index contributed by atoms with van der Waals surface area (Å²) in [5.74, 6) is 2.48. The molecule has 0 aromatic carbocycles. The summed E-state index contributed by atoms with van der Waals surface area (Å²) >= 11 is 0. The third kappa shape index (κ3) is 10.6.